The van der Waals surface area contributed by atoms with Gasteiger partial charge in [-0.25, -0.2) is 0 Å². The smallest absolute Gasteiger partial charge is 0.227 e. The van der Waals surface area contributed by atoms with Gasteiger partial charge < -0.3 is 14.8 Å². The Bertz CT molecular complexity index is 757. The highest BCUT2D eigenvalue weighted by molar-refractivity contribution is 6.42. The highest BCUT2D eigenvalue weighted by atomic mass is 35.5. The molecule has 0 saturated heterocycles. The van der Waals surface area contributed by atoms with Gasteiger partial charge in [-0.1, -0.05) is 47.8 Å². The van der Waals surface area contributed by atoms with E-state index in [1.165, 1.54) is 12.1 Å². The number of carbonyl (C=O) groups is 1. The molecule has 0 aliphatic carbocycles. The van der Waals surface area contributed by atoms with Gasteiger partial charge in [-0.05, 0) is 36.2 Å². The maximum absolute atomic E-state index is 12.5. The first-order valence-electron chi connectivity index (χ1n) is 7.52. The zero-order valence-electron chi connectivity index (χ0n) is 14.0. The lowest BCUT2D eigenvalue weighted by Crippen LogP contribution is -2.22. The van der Waals surface area contributed by atoms with Gasteiger partial charge >= 0.3 is 0 Å². The van der Waals surface area contributed by atoms with Gasteiger partial charge in [-0.2, -0.15) is 0 Å². The molecule has 0 aliphatic rings. The molecule has 1 unspecified atom stereocenters. The Hall–Kier alpha value is -1.62. The molecular weight excluding hydrogens is 385 g/mol. The van der Waals surface area contributed by atoms with E-state index < -0.39 is 0 Å². The lowest BCUT2D eigenvalue weighted by molar-refractivity contribution is -0.119. The number of amides is 1. The molecule has 1 amide bonds. The summed E-state index contributed by atoms with van der Waals surface area (Å²) < 4.78 is 10.5. The van der Waals surface area contributed by atoms with E-state index in [2.05, 4.69) is 5.32 Å². The summed E-state index contributed by atoms with van der Waals surface area (Å²) in [5, 5.41) is 3.76. The van der Waals surface area contributed by atoms with Crippen molar-refractivity contribution >= 4 is 46.4 Å². The Morgan fingerprint density at radius 3 is 2.20 bits per heavy atom. The fourth-order valence-corrected chi connectivity index (χ4v) is 3.27. The van der Waals surface area contributed by atoms with Crippen LogP contribution in [0.1, 0.15) is 12.5 Å². The van der Waals surface area contributed by atoms with Crippen molar-refractivity contribution in [2.75, 3.05) is 19.5 Å². The molecule has 0 heterocycles. The first-order chi connectivity index (χ1) is 11.8. The predicted molar refractivity (Wildman–Crippen MR) is 103 cm³/mol. The second-order valence-corrected chi connectivity index (χ2v) is 6.78. The molecule has 7 heteroatoms. The summed E-state index contributed by atoms with van der Waals surface area (Å²) in [7, 11) is 3.15. The molecule has 134 valence electrons. The zero-order chi connectivity index (χ0) is 18.6. The van der Waals surface area contributed by atoms with Crippen LogP contribution in [0.25, 0.3) is 0 Å². The maximum Gasteiger partial charge on any atom is 0.227 e. The van der Waals surface area contributed by atoms with Gasteiger partial charge in [-0.15, -0.1) is 0 Å². The number of ether oxygens (including phenoxy) is 2. The number of benzene rings is 2. The molecule has 25 heavy (non-hydrogen) atoms. The van der Waals surface area contributed by atoms with E-state index in [1.54, 1.807) is 14.2 Å². The molecule has 0 saturated carbocycles. The number of carbonyl (C=O) groups excluding carboxylic acids is 1. The molecule has 4 nitrogen and oxygen atoms in total. The normalized spacial score (nSPS) is 11.8. The SMILES string of the molecule is COc1ccc(CC(C)C(=O)Nc2c(Cl)cc(Cl)cc2Cl)cc1OC. The molecule has 2 aromatic rings. The van der Waals surface area contributed by atoms with E-state index in [9.17, 15) is 4.79 Å². The standard InChI is InChI=1S/C18H18Cl3NO3/c1-10(6-11-4-5-15(24-2)16(7-11)25-3)18(23)22-17-13(20)8-12(19)9-14(17)21/h4-5,7-10H,6H2,1-3H3,(H,22,23). The minimum absolute atomic E-state index is 0.194. The highest BCUT2D eigenvalue weighted by Crippen LogP contribution is 2.34. The van der Waals surface area contributed by atoms with Gasteiger partial charge in [0.25, 0.3) is 0 Å². The first kappa shape index (κ1) is 19.7. The molecule has 0 spiro atoms. The van der Waals surface area contributed by atoms with Crippen LogP contribution in [-0.2, 0) is 11.2 Å². The number of nitrogens with one attached hydrogen (secondary N) is 1. The first-order valence-corrected chi connectivity index (χ1v) is 8.65. The third kappa shape index (κ3) is 4.94. The summed E-state index contributed by atoms with van der Waals surface area (Å²) in [5.74, 6) is 0.765. The molecule has 2 aromatic carbocycles. The summed E-state index contributed by atoms with van der Waals surface area (Å²) >= 11 is 18.1. The van der Waals surface area contributed by atoms with Gasteiger partial charge in [0.05, 0.1) is 30.0 Å². The van der Waals surface area contributed by atoms with Crippen LogP contribution in [0.3, 0.4) is 0 Å². The van der Waals surface area contributed by atoms with Crippen molar-refractivity contribution in [3.63, 3.8) is 0 Å². The van der Waals surface area contributed by atoms with E-state index >= 15 is 0 Å². The molecule has 0 bridgehead atoms. The predicted octanol–water partition coefficient (Wildman–Crippen LogP) is 5.48. The van der Waals surface area contributed by atoms with Crippen molar-refractivity contribution in [1.82, 2.24) is 0 Å². The van der Waals surface area contributed by atoms with Crippen molar-refractivity contribution in [3.8, 4) is 11.5 Å². The monoisotopic (exact) mass is 401 g/mol. The van der Waals surface area contributed by atoms with Crippen LogP contribution in [0.2, 0.25) is 15.1 Å². The summed E-state index contributed by atoms with van der Waals surface area (Å²) in [6.45, 7) is 1.82. The fourth-order valence-electron chi connectivity index (χ4n) is 2.36. The molecule has 1 N–H and O–H groups in total. The average molecular weight is 403 g/mol. The van der Waals surface area contributed by atoms with Crippen molar-refractivity contribution < 1.29 is 14.3 Å². The number of hydrogen-bond donors (Lipinski definition) is 1. The molecular formula is C18H18Cl3NO3. The summed E-state index contributed by atoms with van der Waals surface area (Å²) in [6.07, 6.45) is 0.523. The molecule has 0 fully saturated rings. The number of halogens is 3. The van der Waals surface area contributed by atoms with Crippen molar-refractivity contribution in [2.24, 2.45) is 5.92 Å². The Morgan fingerprint density at radius 2 is 1.64 bits per heavy atom. The van der Waals surface area contributed by atoms with E-state index in [0.29, 0.717) is 38.7 Å². The van der Waals surface area contributed by atoms with E-state index in [-0.39, 0.29) is 11.8 Å². The third-order valence-corrected chi connectivity index (χ3v) is 4.51. The van der Waals surface area contributed by atoms with Crippen LogP contribution in [0, 0.1) is 5.92 Å². The van der Waals surface area contributed by atoms with Gasteiger partial charge in [0.2, 0.25) is 5.91 Å². The lowest BCUT2D eigenvalue weighted by atomic mass is 10.00. The quantitative estimate of drug-likeness (QED) is 0.696. The van der Waals surface area contributed by atoms with Gasteiger partial charge in [0.15, 0.2) is 11.5 Å². The van der Waals surface area contributed by atoms with Crippen LogP contribution >= 0.6 is 34.8 Å². The molecule has 0 radical (unpaired) electrons. The Morgan fingerprint density at radius 1 is 1.04 bits per heavy atom. The van der Waals surface area contributed by atoms with E-state index in [1.807, 2.05) is 25.1 Å². The Kier molecular flexibility index (Phi) is 6.82. The van der Waals surface area contributed by atoms with Crippen LogP contribution in [0.4, 0.5) is 5.69 Å². The Balaban J connectivity index is 2.11. The summed E-state index contributed by atoms with van der Waals surface area (Å²) in [5.41, 5.74) is 1.31. The van der Waals surface area contributed by atoms with Crippen LogP contribution in [-0.4, -0.2) is 20.1 Å². The van der Waals surface area contributed by atoms with Crippen molar-refractivity contribution in [2.45, 2.75) is 13.3 Å². The third-order valence-electron chi connectivity index (χ3n) is 3.69. The largest absolute Gasteiger partial charge is 0.493 e. The second kappa shape index (κ2) is 8.65. The Labute approximate surface area is 162 Å². The van der Waals surface area contributed by atoms with Crippen molar-refractivity contribution in [1.29, 1.82) is 0 Å². The number of anilines is 1. The van der Waals surface area contributed by atoms with Gasteiger partial charge in [-0.3, -0.25) is 4.79 Å². The van der Waals surface area contributed by atoms with E-state index in [0.717, 1.165) is 5.56 Å². The summed E-state index contributed by atoms with van der Waals surface area (Å²) in [4.78, 5) is 12.5. The van der Waals surface area contributed by atoms with Gasteiger partial charge in [0, 0.05) is 10.9 Å². The molecule has 0 aliphatic heterocycles. The average Bonchev–Trinajstić information content (AvgIpc) is 2.57. The minimum atomic E-state index is -0.305. The highest BCUT2D eigenvalue weighted by Gasteiger charge is 2.18. The molecule has 2 rings (SSSR count). The molecule has 0 aromatic heterocycles. The van der Waals surface area contributed by atoms with Gasteiger partial charge in [0.1, 0.15) is 0 Å². The van der Waals surface area contributed by atoms with Crippen LogP contribution in [0.5, 0.6) is 11.5 Å². The zero-order valence-corrected chi connectivity index (χ0v) is 16.3. The second-order valence-electron chi connectivity index (χ2n) is 5.53. The maximum atomic E-state index is 12.5. The van der Waals surface area contributed by atoms with Crippen LogP contribution in [0.15, 0.2) is 30.3 Å². The number of rotatable bonds is 6. The topological polar surface area (TPSA) is 47.6 Å². The summed E-state index contributed by atoms with van der Waals surface area (Å²) in [6, 6.07) is 8.62. The lowest BCUT2D eigenvalue weighted by Gasteiger charge is -2.15. The number of hydrogen-bond acceptors (Lipinski definition) is 3. The molecule has 1 atom stereocenters. The minimum Gasteiger partial charge on any atom is -0.493 e. The fraction of sp³-hybridized carbons (Fsp3) is 0.278. The van der Waals surface area contributed by atoms with Crippen LogP contribution < -0.4 is 14.8 Å². The van der Waals surface area contributed by atoms with E-state index in [4.69, 9.17) is 44.3 Å². The van der Waals surface area contributed by atoms with Crippen molar-refractivity contribution in [3.05, 3.63) is 51.0 Å². The number of methoxy groups -OCH3 is 2.